The van der Waals surface area contributed by atoms with Crippen molar-refractivity contribution in [2.24, 2.45) is 0 Å². The van der Waals surface area contributed by atoms with Crippen molar-refractivity contribution in [1.29, 1.82) is 0 Å². The zero-order chi connectivity index (χ0) is 22.5. The second kappa shape index (κ2) is 10.4. The van der Waals surface area contributed by atoms with Crippen molar-refractivity contribution in [3.63, 3.8) is 0 Å². The topological polar surface area (TPSA) is 56.3 Å². The molecule has 3 rings (SSSR count). The fraction of sp³-hybridized carbons (Fsp3) is 0.273. The van der Waals surface area contributed by atoms with Gasteiger partial charge in [0.2, 0.25) is 0 Å². The predicted molar refractivity (Wildman–Crippen MR) is 120 cm³/mol. The Morgan fingerprint density at radius 2 is 1.90 bits per heavy atom. The number of hydrogen-bond acceptors (Lipinski definition) is 5. The summed E-state index contributed by atoms with van der Waals surface area (Å²) in [6.45, 7) is 3.70. The van der Waals surface area contributed by atoms with Crippen molar-refractivity contribution in [2.75, 3.05) is 15.2 Å². The molecule has 0 aliphatic carbocycles. The van der Waals surface area contributed by atoms with Crippen LogP contribution in [0.5, 0.6) is 0 Å². The highest BCUT2D eigenvalue weighted by Crippen LogP contribution is 2.35. The van der Waals surface area contributed by atoms with E-state index < -0.39 is 45.8 Å². The number of rotatable bonds is 9. The largest absolute Gasteiger partial charge is 0.592 e. The first-order chi connectivity index (χ1) is 14.9. The van der Waals surface area contributed by atoms with E-state index >= 15 is 4.39 Å². The van der Waals surface area contributed by atoms with Crippen LogP contribution in [0.3, 0.4) is 0 Å². The molecular weight excluding hydrogens is 445 g/mol. The molecule has 0 amide bonds. The van der Waals surface area contributed by atoms with E-state index in [1.165, 1.54) is 12.1 Å². The quantitative estimate of drug-likeness (QED) is 0.172. The number of nitrogens with zero attached hydrogens (tertiary/aromatic N) is 2. The first-order valence-electron chi connectivity index (χ1n) is 9.77. The monoisotopic (exact) mass is 466 g/mol. The number of halogens is 3. The summed E-state index contributed by atoms with van der Waals surface area (Å²) in [5.74, 6) is -4.46. The molecular formula is C22H21F3N2O2S2. The van der Waals surface area contributed by atoms with Gasteiger partial charge in [0.05, 0.1) is 22.4 Å². The molecule has 9 heteroatoms. The van der Waals surface area contributed by atoms with Crippen LogP contribution in [0.2, 0.25) is 0 Å². The predicted octanol–water partition coefficient (Wildman–Crippen LogP) is 5.82. The van der Waals surface area contributed by atoms with Gasteiger partial charge in [0.15, 0.2) is 23.2 Å². The molecule has 0 saturated heterocycles. The van der Waals surface area contributed by atoms with Crippen molar-refractivity contribution >= 4 is 45.7 Å². The second-order valence-electron chi connectivity index (χ2n) is 6.74. The Balaban J connectivity index is 2.11. The number of carbonyl (C=O) groups excluding carboxylic acids is 1. The van der Waals surface area contributed by atoms with Crippen molar-refractivity contribution in [1.82, 2.24) is 4.98 Å². The minimum Gasteiger partial charge on any atom is -0.592 e. The van der Waals surface area contributed by atoms with Crippen LogP contribution in [0.4, 0.5) is 18.9 Å². The maximum atomic E-state index is 15.4. The first-order valence-corrected chi connectivity index (χ1v) is 12.0. The highest BCUT2D eigenvalue weighted by atomic mass is 32.3. The molecule has 4 nitrogen and oxygen atoms in total. The van der Waals surface area contributed by atoms with Crippen LogP contribution in [0.25, 0.3) is 10.9 Å². The molecule has 2 aromatic carbocycles. The van der Waals surface area contributed by atoms with Crippen molar-refractivity contribution in [3.05, 3.63) is 71.2 Å². The minimum absolute atomic E-state index is 0.00251. The number of benzene rings is 2. The Morgan fingerprint density at radius 3 is 2.61 bits per heavy atom. The maximum Gasteiger partial charge on any atom is 0.199 e. The molecule has 164 valence electrons. The maximum absolute atomic E-state index is 15.4. The smallest absolute Gasteiger partial charge is 0.199 e. The van der Waals surface area contributed by atoms with Gasteiger partial charge in [0, 0.05) is 40.9 Å². The molecule has 1 unspecified atom stereocenters. The van der Waals surface area contributed by atoms with E-state index in [9.17, 15) is 18.1 Å². The normalized spacial score (nSPS) is 12.2. The van der Waals surface area contributed by atoms with Gasteiger partial charge in [-0.1, -0.05) is 19.9 Å². The van der Waals surface area contributed by atoms with Crippen LogP contribution < -0.4 is 3.71 Å². The number of aromatic nitrogens is 1. The second-order valence-corrected chi connectivity index (χ2v) is 9.42. The lowest BCUT2D eigenvalue weighted by Gasteiger charge is -2.25. The van der Waals surface area contributed by atoms with Crippen LogP contribution in [-0.2, 0) is 11.4 Å². The summed E-state index contributed by atoms with van der Waals surface area (Å²) in [5, 5.41) is 0.606. The molecule has 0 bridgehead atoms. The minimum atomic E-state index is -1.67. The average Bonchev–Trinajstić information content (AvgIpc) is 2.77. The molecule has 0 aliphatic heterocycles. The fourth-order valence-electron chi connectivity index (χ4n) is 2.95. The van der Waals surface area contributed by atoms with Crippen molar-refractivity contribution in [3.8, 4) is 0 Å². The molecule has 3 aromatic rings. The van der Waals surface area contributed by atoms with E-state index in [1.807, 2.05) is 13.8 Å². The molecule has 31 heavy (non-hydrogen) atoms. The number of fused-ring (bicyclic) bond motifs is 1. The van der Waals surface area contributed by atoms with Gasteiger partial charge in [-0.2, -0.15) is 0 Å². The van der Waals surface area contributed by atoms with E-state index in [4.69, 9.17) is 0 Å². The summed E-state index contributed by atoms with van der Waals surface area (Å²) < 4.78 is 58.2. The number of carbonyl (C=O) groups is 1. The van der Waals surface area contributed by atoms with Gasteiger partial charge in [-0.15, -0.1) is 3.71 Å². The molecule has 0 fully saturated rings. The molecule has 1 aromatic heterocycles. The van der Waals surface area contributed by atoms with E-state index in [-0.39, 0.29) is 11.3 Å². The Labute approximate surface area is 186 Å². The lowest BCUT2D eigenvalue weighted by atomic mass is 9.99. The van der Waals surface area contributed by atoms with E-state index in [0.29, 0.717) is 35.6 Å². The summed E-state index contributed by atoms with van der Waals surface area (Å²) >= 11 is -0.618. The third kappa shape index (κ3) is 4.99. The van der Waals surface area contributed by atoms with E-state index in [0.717, 1.165) is 15.7 Å². The number of pyridine rings is 1. The average molecular weight is 467 g/mol. The highest BCUT2D eigenvalue weighted by Gasteiger charge is 2.32. The standard InChI is InChI=1S/C22H21F3N2O2S2/c1-3-10-30-27(31(29)11-4-2)18-13-16(23)20(24)19(21(18)25)22(28)15-7-8-17-14(12-15)6-5-9-26-17/h5-9,12-13H,3-4,10-11H2,1-2H3. The van der Waals surface area contributed by atoms with Crippen LogP contribution in [0, 0.1) is 17.5 Å². The van der Waals surface area contributed by atoms with Crippen molar-refractivity contribution in [2.45, 2.75) is 26.7 Å². The van der Waals surface area contributed by atoms with Crippen LogP contribution >= 0.6 is 11.9 Å². The Hall–Kier alpha value is -2.23. The Kier molecular flexibility index (Phi) is 7.85. The van der Waals surface area contributed by atoms with Gasteiger partial charge in [-0.3, -0.25) is 9.78 Å². The molecule has 0 saturated carbocycles. The zero-order valence-corrected chi connectivity index (χ0v) is 18.7. The highest BCUT2D eigenvalue weighted by molar-refractivity contribution is 8.14. The van der Waals surface area contributed by atoms with E-state index in [1.54, 1.807) is 24.4 Å². The summed E-state index contributed by atoms with van der Waals surface area (Å²) in [7, 11) is 0. The first kappa shape index (κ1) is 23.4. The zero-order valence-electron chi connectivity index (χ0n) is 17.0. The van der Waals surface area contributed by atoms with Crippen LogP contribution in [0.15, 0.2) is 42.6 Å². The molecule has 1 heterocycles. The van der Waals surface area contributed by atoms with Gasteiger partial charge in [-0.25, -0.2) is 13.2 Å². The Morgan fingerprint density at radius 1 is 1.13 bits per heavy atom. The van der Waals surface area contributed by atoms with Gasteiger partial charge < -0.3 is 4.55 Å². The fourth-order valence-corrected chi connectivity index (χ4v) is 5.36. The number of anilines is 1. The third-order valence-electron chi connectivity index (χ3n) is 4.40. The lowest BCUT2D eigenvalue weighted by Crippen LogP contribution is -2.29. The van der Waals surface area contributed by atoms with Gasteiger partial charge in [-0.05, 0) is 37.1 Å². The molecule has 0 spiro atoms. The molecule has 1 atom stereocenters. The summed E-state index contributed by atoms with van der Waals surface area (Å²) in [5.41, 5.74) is -0.807. The third-order valence-corrected chi connectivity index (χ3v) is 7.56. The summed E-state index contributed by atoms with van der Waals surface area (Å²) in [4.78, 5) is 17.1. The SMILES string of the molecule is CCCSN(c1cc(F)c(F)c(C(=O)c2ccc3ncccc3c2)c1F)[S+]([O-])CCC. The summed E-state index contributed by atoms with van der Waals surface area (Å²) in [6.07, 6.45) is 2.84. The summed E-state index contributed by atoms with van der Waals surface area (Å²) in [6, 6.07) is 8.43. The van der Waals surface area contributed by atoms with Gasteiger partial charge >= 0.3 is 0 Å². The molecule has 0 radical (unpaired) electrons. The van der Waals surface area contributed by atoms with Crippen molar-refractivity contribution < 1.29 is 22.5 Å². The van der Waals surface area contributed by atoms with Crippen LogP contribution in [0.1, 0.15) is 42.6 Å². The lowest BCUT2D eigenvalue weighted by molar-refractivity contribution is 0.103. The number of hydrogen-bond donors (Lipinski definition) is 0. The molecule has 0 N–H and O–H groups in total. The van der Waals surface area contributed by atoms with Gasteiger partial charge in [0.1, 0.15) is 11.4 Å². The number of ketones is 1. The van der Waals surface area contributed by atoms with Gasteiger partial charge in [0.25, 0.3) is 0 Å². The Bertz CT molecular complexity index is 1100. The van der Waals surface area contributed by atoms with E-state index in [2.05, 4.69) is 4.98 Å². The van der Waals surface area contributed by atoms with Crippen LogP contribution in [-0.4, -0.2) is 26.8 Å². The molecule has 0 aliphatic rings.